The summed E-state index contributed by atoms with van der Waals surface area (Å²) in [4.78, 5) is 24.1. The highest BCUT2D eigenvalue weighted by molar-refractivity contribution is 5.94. The largest absolute Gasteiger partial charge is 0.315 e. The molecule has 0 saturated heterocycles. The molecule has 0 aliphatic carbocycles. The number of rotatable bonds is 5. The van der Waals surface area contributed by atoms with Crippen molar-refractivity contribution in [3.05, 3.63) is 42.6 Å². The molecule has 0 aliphatic rings. The van der Waals surface area contributed by atoms with Crippen molar-refractivity contribution in [1.29, 1.82) is 0 Å². The number of nitrogens with one attached hydrogen (secondary N) is 2. The van der Waals surface area contributed by atoms with E-state index in [0.717, 1.165) is 5.69 Å². The lowest BCUT2D eigenvalue weighted by molar-refractivity contribution is -0.120. The van der Waals surface area contributed by atoms with Gasteiger partial charge in [-0.25, -0.2) is 0 Å². The highest BCUT2D eigenvalue weighted by Crippen LogP contribution is 2.12. The van der Waals surface area contributed by atoms with Gasteiger partial charge in [0.15, 0.2) is 0 Å². The predicted octanol–water partition coefficient (Wildman–Crippen LogP) is 1.19. The second-order valence-corrected chi connectivity index (χ2v) is 3.87. The minimum absolute atomic E-state index is 0.107. The van der Waals surface area contributed by atoms with Crippen molar-refractivity contribution in [2.45, 2.75) is 13.3 Å². The van der Waals surface area contributed by atoms with Crippen LogP contribution in [-0.4, -0.2) is 18.9 Å². The first kappa shape index (κ1) is 13.8. The second kappa shape index (κ2) is 6.44. The smallest absolute Gasteiger partial charge is 0.235 e. The van der Waals surface area contributed by atoms with Crippen LogP contribution in [-0.2, 0) is 9.59 Å². The lowest BCUT2D eigenvalue weighted by atomic mass is 10.2. The fourth-order valence-electron chi connectivity index (χ4n) is 1.32. The minimum atomic E-state index is -0.236. The van der Waals surface area contributed by atoms with Gasteiger partial charge < -0.3 is 10.3 Å². The number of para-hydroxylation sites is 1. The lowest BCUT2D eigenvalue weighted by Gasteiger charge is -2.18. The number of carbonyl (C=O) groups is 2. The number of benzene rings is 1. The van der Waals surface area contributed by atoms with Crippen LogP contribution in [0.4, 0.5) is 5.69 Å². The molecule has 5 nitrogen and oxygen atoms in total. The number of hydrogen-bond acceptors (Lipinski definition) is 3. The van der Waals surface area contributed by atoms with Gasteiger partial charge in [-0.05, 0) is 12.1 Å². The van der Waals surface area contributed by atoms with E-state index in [4.69, 9.17) is 0 Å². The summed E-state index contributed by atoms with van der Waals surface area (Å²) in [6.45, 7) is 5.04. The second-order valence-electron chi connectivity index (χ2n) is 3.87. The number of hydrogen-bond donors (Lipinski definition) is 2. The zero-order chi connectivity index (χ0) is 13.5. The maximum Gasteiger partial charge on any atom is 0.235 e. The van der Waals surface area contributed by atoms with Gasteiger partial charge in [-0.1, -0.05) is 24.8 Å². The molecule has 5 heteroatoms. The maximum absolute atomic E-state index is 11.9. The minimum Gasteiger partial charge on any atom is -0.315 e. The van der Waals surface area contributed by atoms with Crippen LogP contribution in [0, 0.1) is 0 Å². The van der Waals surface area contributed by atoms with Crippen molar-refractivity contribution >= 4 is 17.5 Å². The number of anilines is 1. The standard InChI is InChI=1S/C13H17N3O2/c1-10(14-15-11(2)17)9-13(18)16(3)12-7-5-4-6-8-12/h4-8,14H,1,9H2,2-3H3,(H,15,17). The van der Waals surface area contributed by atoms with Crippen molar-refractivity contribution in [1.82, 2.24) is 10.9 Å². The number of carbonyl (C=O) groups excluding carboxylic acids is 2. The first-order valence-corrected chi connectivity index (χ1v) is 5.52. The molecule has 0 heterocycles. The van der Waals surface area contributed by atoms with Crippen LogP contribution in [0.1, 0.15) is 13.3 Å². The monoisotopic (exact) mass is 247 g/mol. The van der Waals surface area contributed by atoms with E-state index in [9.17, 15) is 9.59 Å². The fourth-order valence-corrected chi connectivity index (χ4v) is 1.32. The summed E-state index contributed by atoms with van der Waals surface area (Å²) in [6.07, 6.45) is 0.117. The predicted molar refractivity (Wildman–Crippen MR) is 70.6 cm³/mol. The Labute approximate surface area is 106 Å². The van der Waals surface area contributed by atoms with E-state index in [2.05, 4.69) is 17.4 Å². The van der Waals surface area contributed by atoms with Crippen LogP contribution >= 0.6 is 0 Å². The molecular formula is C13H17N3O2. The first-order chi connectivity index (χ1) is 8.50. The van der Waals surface area contributed by atoms with E-state index in [-0.39, 0.29) is 18.2 Å². The summed E-state index contributed by atoms with van der Waals surface area (Å²) in [7, 11) is 1.70. The Hall–Kier alpha value is -2.30. The molecule has 2 amide bonds. The molecule has 1 aromatic rings. The van der Waals surface area contributed by atoms with E-state index in [0.29, 0.717) is 5.70 Å². The molecule has 0 aromatic heterocycles. The summed E-state index contributed by atoms with van der Waals surface area (Å²) in [5.74, 6) is -0.343. The molecule has 0 fully saturated rings. The Balaban J connectivity index is 2.50. The molecule has 18 heavy (non-hydrogen) atoms. The van der Waals surface area contributed by atoms with Crippen molar-refractivity contribution < 1.29 is 9.59 Å². The number of nitrogens with zero attached hydrogens (tertiary/aromatic N) is 1. The van der Waals surface area contributed by atoms with Crippen LogP contribution in [0.15, 0.2) is 42.6 Å². The molecule has 0 bridgehead atoms. The van der Waals surface area contributed by atoms with Crippen LogP contribution in [0.5, 0.6) is 0 Å². The number of amides is 2. The molecule has 96 valence electrons. The quantitative estimate of drug-likeness (QED) is 0.768. The van der Waals surface area contributed by atoms with E-state index >= 15 is 0 Å². The molecule has 0 unspecified atom stereocenters. The summed E-state index contributed by atoms with van der Waals surface area (Å²) < 4.78 is 0. The Morgan fingerprint density at radius 1 is 1.22 bits per heavy atom. The van der Waals surface area contributed by atoms with Crippen LogP contribution in [0.25, 0.3) is 0 Å². The number of hydrazine groups is 1. The fraction of sp³-hybridized carbons (Fsp3) is 0.231. The van der Waals surface area contributed by atoms with E-state index in [1.807, 2.05) is 30.3 Å². The SMILES string of the molecule is C=C(CC(=O)N(C)c1ccccc1)NNC(C)=O. The van der Waals surface area contributed by atoms with E-state index in [1.165, 1.54) is 6.92 Å². The van der Waals surface area contributed by atoms with Gasteiger partial charge in [-0.2, -0.15) is 0 Å². The molecule has 0 aliphatic heterocycles. The third-order valence-corrected chi connectivity index (χ3v) is 2.30. The third-order valence-electron chi connectivity index (χ3n) is 2.30. The first-order valence-electron chi connectivity index (χ1n) is 5.52. The Kier molecular flexibility index (Phi) is 4.92. The van der Waals surface area contributed by atoms with Crippen molar-refractivity contribution in [3.63, 3.8) is 0 Å². The van der Waals surface area contributed by atoms with Crippen LogP contribution in [0.3, 0.4) is 0 Å². The normalized spacial score (nSPS) is 9.44. The molecule has 1 rings (SSSR count). The lowest BCUT2D eigenvalue weighted by Crippen LogP contribution is -2.37. The summed E-state index contributed by atoms with van der Waals surface area (Å²) in [5.41, 5.74) is 6.21. The Bertz CT molecular complexity index is 443. The molecule has 0 atom stereocenters. The van der Waals surface area contributed by atoms with Crippen molar-refractivity contribution in [2.75, 3.05) is 11.9 Å². The van der Waals surface area contributed by atoms with Gasteiger partial charge in [0.2, 0.25) is 11.8 Å². The molecule has 0 spiro atoms. The van der Waals surface area contributed by atoms with Gasteiger partial charge in [0.25, 0.3) is 0 Å². The Morgan fingerprint density at radius 2 is 1.83 bits per heavy atom. The van der Waals surface area contributed by atoms with Crippen LogP contribution in [0.2, 0.25) is 0 Å². The average Bonchev–Trinajstić information content (AvgIpc) is 2.36. The van der Waals surface area contributed by atoms with Gasteiger partial charge in [-0.3, -0.25) is 15.0 Å². The summed E-state index contributed by atoms with van der Waals surface area (Å²) in [5, 5.41) is 0. The van der Waals surface area contributed by atoms with Gasteiger partial charge in [0.1, 0.15) is 0 Å². The van der Waals surface area contributed by atoms with Gasteiger partial charge in [0, 0.05) is 25.4 Å². The van der Waals surface area contributed by atoms with Crippen LogP contribution < -0.4 is 15.8 Å². The van der Waals surface area contributed by atoms with E-state index < -0.39 is 0 Å². The zero-order valence-corrected chi connectivity index (χ0v) is 10.6. The topological polar surface area (TPSA) is 61.4 Å². The molecule has 2 N–H and O–H groups in total. The van der Waals surface area contributed by atoms with Gasteiger partial charge in [-0.15, -0.1) is 0 Å². The Morgan fingerprint density at radius 3 is 2.39 bits per heavy atom. The van der Waals surface area contributed by atoms with Crippen molar-refractivity contribution in [3.8, 4) is 0 Å². The highest BCUT2D eigenvalue weighted by Gasteiger charge is 2.11. The summed E-state index contributed by atoms with van der Waals surface area (Å²) in [6, 6.07) is 9.32. The zero-order valence-electron chi connectivity index (χ0n) is 10.6. The van der Waals surface area contributed by atoms with Gasteiger partial charge >= 0.3 is 0 Å². The molecule has 0 radical (unpaired) electrons. The van der Waals surface area contributed by atoms with Gasteiger partial charge in [0.05, 0.1) is 6.42 Å². The average molecular weight is 247 g/mol. The third kappa shape index (κ3) is 4.29. The van der Waals surface area contributed by atoms with Crippen molar-refractivity contribution in [2.24, 2.45) is 0 Å². The maximum atomic E-state index is 11.9. The summed E-state index contributed by atoms with van der Waals surface area (Å²) >= 11 is 0. The highest BCUT2D eigenvalue weighted by atomic mass is 16.2. The molecule has 1 aromatic carbocycles. The van der Waals surface area contributed by atoms with E-state index in [1.54, 1.807) is 11.9 Å². The molecule has 0 saturated carbocycles. The molecular weight excluding hydrogens is 230 g/mol.